The number of hydrogen-bond acceptors (Lipinski definition) is 8. The molecule has 0 bridgehead atoms. The Morgan fingerprint density at radius 1 is 1.07 bits per heavy atom. The van der Waals surface area contributed by atoms with Gasteiger partial charge in [-0.15, -0.1) is 12.8 Å². The van der Waals surface area contributed by atoms with E-state index in [1.54, 1.807) is 31.6 Å². The van der Waals surface area contributed by atoms with E-state index in [1.165, 1.54) is 4.90 Å². The number of carbonyl (C=O) groups excluding carboxylic acids is 4. The number of piperidine rings is 1. The van der Waals surface area contributed by atoms with Crippen LogP contribution >= 0.6 is 0 Å². The number of carbonyl (C=O) groups is 4. The number of nitrogens with zero attached hydrogens (tertiary/aromatic N) is 3. The van der Waals surface area contributed by atoms with Crippen LogP contribution in [-0.2, 0) is 30.2 Å². The number of alkyl halides is 2. The summed E-state index contributed by atoms with van der Waals surface area (Å²) in [5.74, 6) is -4.03. The third-order valence-corrected chi connectivity index (χ3v) is 12.2. The first-order chi connectivity index (χ1) is 29.3. The fourth-order valence-corrected chi connectivity index (χ4v) is 8.34. The Kier molecular flexibility index (Phi) is 18.6. The molecule has 61 heavy (non-hydrogen) atoms. The first-order valence-corrected chi connectivity index (χ1v) is 22.1. The number of likely N-dealkylation sites (tertiary alicyclic amines) is 2. The second-order valence-corrected chi connectivity index (χ2v) is 16.8. The van der Waals surface area contributed by atoms with Crippen molar-refractivity contribution in [3.8, 4) is 29.9 Å². The van der Waals surface area contributed by atoms with Crippen molar-refractivity contribution in [1.82, 2.24) is 29.8 Å². The van der Waals surface area contributed by atoms with Crippen LogP contribution in [0, 0.1) is 19.8 Å². The summed E-state index contributed by atoms with van der Waals surface area (Å²) in [5.41, 5.74) is 3.35. The lowest BCUT2D eigenvalue weighted by Gasteiger charge is -2.32. The van der Waals surface area contributed by atoms with E-state index >= 15 is 0 Å². The smallest absolute Gasteiger partial charge is 0.265 e. The Balaban J connectivity index is 0.000000309. The van der Waals surface area contributed by atoms with E-state index in [0.717, 1.165) is 71.5 Å². The zero-order valence-corrected chi connectivity index (χ0v) is 36.1. The largest absolute Gasteiger partial charge is 0.496 e. The summed E-state index contributed by atoms with van der Waals surface area (Å²) in [7, 11) is 0.131. The molecule has 3 N–H and O–H groups in total. The Morgan fingerprint density at radius 2 is 1.82 bits per heavy atom. The van der Waals surface area contributed by atoms with Gasteiger partial charge in [0.1, 0.15) is 28.8 Å². The number of pyridine rings is 2. The predicted octanol–water partition coefficient (Wildman–Crippen LogP) is 6.13. The van der Waals surface area contributed by atoms with E-state index in [2.05, 4.69) is 39.8 Å². The molecule has 4 heterocycles. The number of aryl methyl sites for hydroxylation is 1. The number of fused-ring (bicyclic) bond motifs is 1. The number of unbranched alkanes of at least 4 members (excludes halogenated alkanes) is 3. The van der Waals surface area contributed by atoms with Crippen LogP contribution in [0.1, 0.15) is 96.0 Å². The highest BCUT2D eigenvalue weighted by Crippen LogP contribution is 2.29. The van der Waals surface area contributed by atoms with Gasteiger partial charge in [0.2, 0.25) is 17.7 Å². The molecule has 6 rings (SSSR count). The van der Waals surface area contributed by atoms with E-state index in [1.807, 2.05) is 37.3 Å². The number of allylic oxidation sites excluding steroid dienone is 1. The lowest BCUT2D eigenvalue weighted by atomic mass is 10.1. The fraction of sp³-hybridized carbons (Fsp3) is 0.511. The summed E-state index contributed by atoms with van der Waals surface area (Å²) in [6.45, 7) is 4.01. The number of benzene rings is 1. The average Bonchev–Trinajstić information content (AvgIpc) is 4.00. The molecule has 1 saturated carbocycles. The van der Waals surface area contributed by atoms with Crippen molar-refractivity contribution in [3.63, 3.8) is 0 Å². The summed E-state index contributed by atoms with van der Waals surface area (Å²) in [5, 5.41) is 3.37. The van der Waals surface area contributed by atoms with Crippen LogP contribution in [-0.4, -0.2) is 97.6 Å². The van der Waals surface area contributed by atoms with Crippen molar-refractivity contribution in [2.24, 2.45) is 0 Å². The van der Waals surface area contributed by atoms with Gasteiger partial charge in [-0.05, 0) is 82.6 Å². The molecule has 3 aromatic rings. The van der Waals surface area contributed by atoms with Crippen molar-refractivity contribution in [3.05, 3.63) is 70.7 Å². The van der Waals surface area contributed by atoms with Gasteiger partial charge in [0, 0.05) is 67.3 Å². The lowest BCUT2D eigenvalue weighted by Crippen LogP contribution is -2.53. The summed E-state index contributed by atoms with van der Waals surface area (Å²) in [4.78, 5) is 73.5. The summed E-state index contributed by atoms with van der Waals surface area (Å²) < 4.78 is 47.4. The van der Waals surface area contributed by atoms with E-state index in [-0.39, 0.29) is 49.3 Å². The minimum atomic E-state index is -2.91. The van der Waals surface area contributed by atoms with Gasteiger partial charge in [0.05, 0.1) is 30.1 Å². The lowest BCUT2D eigenvalue weighted by molar-refractivity contribution is -0.145. The van der Waals surface area contributed by atoms with Gasteiger partial charge >= 0.3 is 0 Å². The first-order valence-electron chi connectivity index (χ1n) is 20.9. The van der Waals surface area contributed by atoms with Crippen LogP contribution < -0.4 is 20.2 Å². The normalized spacial score (nSPS) is 17.9. The highest BCUT2D eigenvalue weighted by Gasteiger charge is 2.39. The van der Waals surface area contributed by atoms with Crippen molar-refractivity contribution >= 4 is 45.5 Å². The highest BCUT2D eigenvalue weighted by molar-refractivity contribution is 7.84. The Morgan fingerprint density at radius 3 is 2.49 bits per heavy atom. The number of halogens is 2. The van der Waals surface area contributed by atoms with Gasteiger partial charge in [-0.1, -0.05) is 31.9 Å². The van der Waals surface area contributed by atoms with Crippen molar-refractivity contribution in [2.75, 3.05) is 26.7 Å². The zero-order chi connectivity index (χ0) is 44.5. The number of rotatable bonds is 16. The van der Waals surface area contributed by atoms with Gasteiger partial charge in [-0.25, -0.2) is 13.0 Å². The quantitative estimate of drug-likeness (QED) is 0.0878. The number of hydrogen-bond donors (Lipinski definition) is 3. The number of amides is 4. The maximum Gasteiger partial charge on any atom is 0.265 e. The third kappa shape index (κ3) is 14.1. The predicted molar refractivity (Wildman–Crippen MR) is 233 cm³/mol. The maximum absolute atomic E-state index is 13.7. The molecule has 3 atom stereocenters. The topological polar surface area (TPSA) is 171 Å². The number of ether oxygens (including phenoxy) is 1. The van der Waals surface area contributed by atoms with E-state index in [4.69, 9.17) is 4.74 Å². The van der Waals surface area contributed by atoms with Crippen LogP contribution in [0.2, 0.25) is 0 Å². The molecule has 1 aromatic carbocycles. The molecule has 16 heteroatoms. The van der Waals surface area contributed by atoms with E-state index < -0.39 is 59.2 Å². The monoisotopic (exact) mass is 864 g/mol. The highest BCUT2D eigenvalue weighted by atomic mass is 32.2. The maximum atomic E-state index is 13.7. The molecule has 0 spiro atoms. The van der Waals surface area contributed by atoms with Crippen LogP contribution in [0.25, 0.3) is 22.2 Å². The van der Waals surface area contributed by atoms with Crippen LogP contribution in [0.4, 0.5) is 8.78 Å². The molecule has 2 aromatic heterocycles. The SMILES string of the molecule is C#C.CCCCC/C=C\CC(NC(=O)[C@@H]1CCCN1C(=O)CCC(=O)N1CCCC(F)(F)C1)C(=O)NS(=O)C1CC1.COc1ccc2c(=O)cc(-c3cccnc3)[nH]c2c1C. The number of methoxy groups -OCH3 is 1. The first kappa shape index (κ1) is 48.2. The van der Waals surface area contributed by atoms with Gasteiger partial charge in [-0.2, -0.15) is 0 Å². The van der Waals surface area contributed by atoms with E-state index in [0.29, 0.717) is 24.8 Å². The zero-order valence-electron chi connectivity index (χ0n) is 35.3. The standard InChI is InChI=1S/C27H42F2N4O5S.C16H14N2O2.C2H2/c1-2-3-4-5-6-7-10-21(25(36)31-39(38)20-12-13-20)30-26(37)22-11-8-18-33(22)24(35)15-14-23(34)32-17-9-16-27(28,29)19-32;1-10-15(20-2)6-5-12-14(19)8-13(18-16(10)12)11-4-3-7-17-9-11;1-2/h6-7,20-22H,2-5,8-19H2,1H3,(H,30,37)(H,31,36);3-9H,1-2H3,(H,18,19);1-2H/b7-6-;;/t21?,22-,39?;;/m0../s1. The molecule has 2 unspecified atom stereocenters. The van der Waals surface area contributed by atoms with Crippen molar-refractivity contribution in [2.45, 2.75) is 121 Å². The molecular formula is C45H58F2N6O7S. The van der Waals surface area contributed by atoms with Crippen LogP contribution in [0.15, 0.2) is 59.7 Å². The summed E-state index contributed by atoms with van der Waals surface area (Å²) in [6, 6.07) is 7.25. The molecule has 3 aliphatic rings. The molecule has 0 radical (unpaired) electrons. The molecular weight excluding hydrogens is 807 g/mol. The number of aromatic amines is 1. The second kappa shape index (κ2) is 23.5. The molecule has 3 fully saturated rings. The van der Waals surface area contributed by atoms with Gasteiger partial charge in [0.15, 0.2) is 5.43 Å². The third-order valence-electron chi connectivity index (χ3n) is 10.8. The molecule has 330 valence electrons. The Bertz CT molecular complexity index is 2110. The number of terminal acetylenes is 1. The average molecular weight is 865 g/mol. The molecule has 2 saturated heterocycles. The molecule has 1 aliphatic carbocycles. The van der Waals surface area contributed by atoms with Crippen LogP contribution in [0.5, 0.6) is 5.75 Å². The van der Waals surface area contributed by atoms with Gasteiger partial charge < -0.3 is 24.8 Å². The number of nitrogens with one attached hydrogen (secondary N) is 3. The summed E-state index contributed by atoms with van der Waals surface area (Å²) >= 11 is 0. The minimum Gasteiger partial charge on any atom is -0.496 e. The number of aromatic nitrogens is 2. The van der Waals surface area contributed by atoms with Crippen molar-refractivity contribution in [1.29, 1.82) is 0 Å². The second-order valence-electron chi connectivity index (χ2n) is 15.4. The Hall–Kier alpha value is -5.43. The van der Waals surface area contributed by atoms with Crippen LogP contribution in [0.3, 0.4) is 0 Å². The van der Waals surface area contributed by atoms with Gasteiger partial charge in [-0.3, -0.25) is 33.7 Å². The van der Waals surface area contributed by atoms with Gasteiger partial charge in [0.25, 0.3) is 11.8 Å². The van der Waals surface area contributed by atoms with E-state index in [9.17, 15) is 37.0 Å². The molecule has 2 aliphatic heterocycles. The fourth-order valence-electron chi connectivity index (χ4n) is 7.27. The summed E-state index contributed by atoms with van der Waals surface area (Å²) in [6.07, 6.45) is 21.8. The minimum absolute atomic E-state index is 0.0108. The van der Waals surface area contributed by atoms with Crippen molar-refractivity contribution < 1.29 is 36.9 Å². The molecule has 13 nitrogen and oxygen atoms in total. The number of H-pyrrole nitrogens is 1. The molecule has 4 amide bonds. The Labute approximate surface area is 359 Å².